The Balaban J connectivity index is 2.25. The van der Waals surface area contributed by atoms with Crippen molar-refractivity contribution in [1.29, 1.82) is 5.26 Å². The molecule has 0 saturated heterocycles. The zero-order chi connectivity index (χ0) is 16.7. The van der Waals surface area contributed by atoms with Gasteiger partial charge in [-0.2, -0.15) is 5.26 Å². The lowest BCUT2D eigenvalue weighted by molar-refractivity contribution is -0.112. The fourth-order valence-corrected chi connectivity index (χ4v) is 1.99. The Hall–Kier alpha value is -3.06. The highest BCUT2D eigenvalue weighted by Gasteiger charge is 2.11. The van der Waals surface area contributed by atoms with Crippen molar-refractivity contribution in [3.8, 4) is 11.8 Å². The van der Waals surface area contributed by atoms with E-state index in [4.69, 9.17) is 4.74 Å². The van der Waals surface area contributed by atoms with Gasteiger partial charge in [0.25, 0.3) is 5.91 Å². The normalized spacial score (nSPS) is 11.0. The van der Waals surface area contributed by atoms with E-state index in [2.05, 4.69) is 5.32 Å². The lowest BCUT2D eigenvalue weighted by Gasteiger charge is -2.12. The average Bonchev–Trinajstić information content (AvgIpc) is 2.54. The molecule has 0 radical (unpaired) electrons. The molecule has 0 heterocycles. The monoisotopic (exact) mass is 306 g/mol. The van der Waals surface area contributed by atoms with Crippen LogP contribution in [-0.2, 0) is 4.79 Å². The van der Waals surface area contributed by atoms with E-state index in [0.717, 1.165) is 0 Å². The number of nitrogens with one attached hydrogen (secondary N) is 1. The molecule has 4 nitrogen and oxygen atoms in total. The van der Waals surface area contributed by atoms with Gasteiger partial charge in [0.05, 0.1) is 6.10 Å². The number of nitriles is 1. The van der Waals surface area contributed by atoms with Crippen LogP contribution < -0.4 is 10.1 Å². The first-order chi connectivity index (χ1) is 11.1. The highest BCUT2D eigenvalue weighted by molar-refractivity contribution is 6.09. The van der Waals surface area contributed by atoms with Crippen LogP contribution in [0.2, 0.25) is 0 Å². The maximum Gasteiger partial charge on any atom is 0.266 e. The first-order valence-electron chi connectivity index (χ1n) is 7.34. The summed E-state index contributed by atoms with van der Waals surface area (Å²) in [4.78, 5) is 12.2. The minimum atomic E-state index is -0.446. The predicted molar refractivity (Wildman–Crippen MR) is 90.9 cm³/mol. The van der Waals surface area contributed by atoms with Gasteiger partial charge in [-0.05, 0) is 38.1 Å². The van der Waals surface area contributed by atoms with Crippen LogP contribution >= 0.6 is 0 Å². The number of hydrogen-bond donors (Lipinski definition) is 1. The second kappa shape index (κ2) is 7.81. The molecule has 0 aliphatic rings. The number of hydrogen-bond acceptors (Lipinski definition) is 3. The van der Waals surface area contributed by atoms with Crippen molar-refractivity contribution in [2.24, 2.45) is 0 Å². The Morgan fingerprint density at radius 2 is 1.78 bits per heavy atom. The molecule has 0 aliphatic carbocycles. The Kier molecular flexibility index (Phi) is 5.54. The van der Waals surface area contributed by atoms with Gasteiger partial charge < -0.3 is 10.1 Å². The molecule has 0 bridgehead atoms. The first-order valence-corrected chi connectivity index (χ1v) is 7.34. The first kappa shape index (κ1) is 16.3. The number of anilines is 1. The smallest absolute Gasteiger partial charge is 0.266 e. The van der Waals surface area contributed by atoms with E-state index in [0.29, 0.717) is 17.0 Å². The summed E-state index contributed by atoms with van der Waals surface area (Å²) in [5.74, 6) is 0.195. The molecule has 0 fully saturated rings. The van der Waals surface area contributed by atoms with Crippen molar-refractivity contribution in [2.45, 2.75) is 20.0 Å². The number of para-hydroxylation sites is 2. The van der Waals surface area contributed by atoms with Crippen LogP contribution in [0.15, 0.2) is 60.2 Å². The van der Waals surface area contributed by atoms with Crippen LogP contribution in [0.1, 0.15) is 19.4 Å². The molecule has 1 N–H and O–H groups in total. The van der Waals surface area contributed by atoms with E-state index >= 15 is 0 Å². The van der Waals surface area contributed by atoms with Crippen LogP contribution in [0, 0.1) is 11.3 Å². The summed E-state index contributed by atoms with van der Waals surface area (Å²) in [5, 5.41) is 12.0. The van der Waals surface area contributed by atoms with Crippen LogP contribution in [0.4, 0.5) is 5.69 Å². The van der Waals surface area contributed by atoms with Gasteiger partial charge in [0.2, 0.25) is 0 Å². The Morgan fingerprint density at radius 3 is 2.43 bits per heavy atom. The van der Waals surface area contributed by atoms with Crippen molar-refractivity contribution in [3.63, 3.8) is 0 Å². The van der Waals surface area contributed by atoms with Gasteiger partial charge in [-0.3, -0.25) is 4.79 Å². The summed E-state index contributed by atoms with van der Waals surface area (Å²) in [5.41, 5.74) is 1.36. The molecule has 4 heteroatoms. The Labute approximate surface area is 136 Å². The second-order valence-corrected chi connectivity index (χ2v) is 5.19. The zero-order valence-corrected chi connectivity index (χ0v) is 13.1. The van der Waals surface area contributed by atoms with E-state index in [-0.39, 0.29) is 11.7 Å². The van der Waals surface area contributed by atoms with E-state index in [9.17, 15) is 10.1 Å². The number of rotatable bonds is 5. The van der Waals surface area contributed by atoms with Gasteiger partial charge in [-0.1, -0.05) is 36.4 Å². The molecular weight excluding hydrogens is 288 g/mol. The van der Waals surface area contributed by atoms with Crippen LogP contribution in [0.25, 0.3) is 6.08 Å². The zero-order valence-electron chi connectivity index (χ0n) is 13.1. The average molecular weight is 306 g/mol. The predicted octanol–water partition coefficient (Wildman–Crippen LogP) is 4.02. The summed E-state index contributed by atoms with van der Waals surface area (Å²) < 4.78 is 5.70. The number of amides is 1. The number of carbonyl (C=O) groups is 1. The molecule has 0 unspecified atom stereocenters. The van der Waals surface area contributed by atoms with Crippen LogP contribution in [-0.4, -0.2) is 12.0 Å². The molecule has 1 amide bonds. The molecule has 0 spiro atoms. The minimum Gasteiger partial charge on any atom is -0.490 e. The van der Waals surface area contributed by atoms with Gasteiger partial charge in [0.15, 0.2) is 0 Å². The van der Waals surface area contributed by atoms with Crippen LogP contribution in [0.3, 0.4) is 0 Å². The summed E-state index contributed by atoms with van der Waals surface area (Å²) in [7, 11) is 0. The fraction of sp³-hybridized carbons (Fsp3) is 0.158. The standard InChI is InChI=1S/C19H18N2O2/c1-14(2)23-18-11-7-6-8-15(18)12-16(13-20)19(22)21-17-9-4-3-5-10-17/h3-12,14H,1-2H3,(H,21,22)/b16-12-. The number of ether oxygens (including phenoxy) is 1. The SMILES string of the molecule is CC(C)Oc1ccccc1/C=C(/C#N)C(=O)Nc1ccccc1. The van der Waals surface area contributed by atoms with E-state index in [1.165, 1.54) is 6.08 Å². The third kappa shape index (κ3) is 4.72. The molecule has 0 aromatic heterocycles. The van der Waals surface area contributed by atoms with Gasteiger partial charge in [-0.15, -0.1) is 0 Å². The molecule has 0 atom stereocenters. The van der Waals surface area contributed by atoms with Gasteiger partial charge in [0.1, 0.15) is 17.4 Å². The lowest BCUT2D eigenvalue weighted by Crippen LogP contribution is -2.13. The van der Waals surface area contributed by atoms with Gasteiger partial charge >= 0.3 is 0 Å². The quantitative estimate of drug-likeness (QED) is 0.670. The molecule has 116 valence electrons. The molecule has 0 saturated carbocycles. The van der Waals surface area contributed by atoms with E-state index < -0.39 is 5.91 Å². The lowest BCUT2D eigenvalue weighted by atomic mass is 10.1. The molecular formula is C19H18N2O2. The number of nitrogens with zero attached hydrogens (tertiary/aromatic N) is 1. The summed E-state index contributed by atoms with van der Waals surface area (Å²) in [6.45, 7) is 3.85. The third-order valence-corrected chi connectivity index (χ3v) is 2.98. The molecule has 2 rings (SSSR count). The highest BCUT2D eigenvalue weighted by atomic mass is 16.5. The molecule has 2 aromatic rings. The highest BCUT2D eigenvalue weighted by Crippen LogP contribution is 2.22. The van der Waals surface area contributed by atoms with Crippen molar-refractivity contribution in [3.05, 3.63) is 65.7 Å². The number of benzene rings is 2. The van der Waals surface area contributed by atoms with E-state index in [1.807, 2.05) is 62.4 Å². The van der Waals surface area contributed by atoms with Crippen molar-refractivity contribution >= 4 is 17.7 Å². The number of carbonyl (C=O) groups excluding carboxylic acids is 1. The van der Waals surface area contributed by atoms with Crippen molar-refractivity contribution in [2.75, 3.05) is 5.32 Å². The molecule has 0 aliphatic heterocycles. The van der Waals surface area contributed by atoms with E-state index in [1.54, 1.807) is 12.1 Å². The maximum atomic E-state index is 12.2. The van der Waals surface area contributed by atoms with Gasteiger partial charge in [-0.25, -0.2) is 0 Å². The summed E-state index contributed by atoms with van der Waals surface area (Å²) in [6, 6.07) is 18.3. The minimum absolute atomic E-state index is 0.00762. The molecule has 23 heavy (non-hydrogen) atoms. The van der Waals surface area contributed by atoms with Gasteiger partial charge in [0, 0.05) is 11.3 Å². The third-order valence-electron chi connectivity index (χ3n) is 2.98. The Morgan fingerprint density at radius 1 is 1.13 bits per heavy atom. The molecule has 2 aromatic carbocycles. The largest absolute Gasteiger partial charge is 0.490 e. The van der Waals surface area contributed by atoms with Crippen molar-refractivity contribution in [1.82, 2.24) is 0 Å². The van der Waals surface area contributed by atoms with Crippen molar-refractivity contribution < 1.29 is 9.53 Å². The maximum absolute atomic E-state index is 12.2. The summed E-state index contributed by atoms with van der Waals surface area (Å²) >= 11 is 0. The topological polar surface area (TPSA) is 62.1 Å². The second-order valence-electron chi connectivity index (χ2n) is 5.19. The van der Waals surface area contributed by atoms with Crippen LogP contribution in [0.5, 0.6) is 5.75 Å². The summed E-state index contributed by atoms with van der Waals surface area (Å²) in [6.07, 6.45) is 1.55. The fourth-order valence-electron chi connectivity index (χ4n) is 1.99. The Bertz CT molecular complexity index is 743.